The van der Waals surface area contributed by atoms with Crippen LogP contribution in [0.5, 0.6) is 0 Å². The van der Waals surface area contributed by atoms with Crippen LogP contribution in [-0.2, 0) is 0 Å². The molecule has 1 amide bonds. The SMILES string of the molecule is O=C(c1cccc(-n2cccc2)c1)N1CCCC1c1ncccn1. The Bertz CT molecular complexity index is 830. The van der Waals surface area contributed by atoms with Crippen LogP contribution in [0.25, 0.3) is 5.69 Å². The van der Waals surface area contributed by atoms with E-state index in [0.717, 1.165) is 30.9 Å². The maximum absolute atomic E-state index is 13.0. The molecule has 0 saturated carbocycles. The van der Waals surface area contributed by atoms with Crippen molar-refractivity contribution in [3.63, 3.8) is 0 Å². The van der Waals surface area contributed by atoms with Crippen LogP contribution in [0.3, 0.4) is 0 Å². The van der Waals surface area contributed by atoms with E-state index in [1.54, 1.807) is 18.5 Å². The van der Waals surface area contributed by atoms with Crippen molar-refractivity contribution in [2.45, 2.75) is 18.9 Å². The fourth-order valence-corrected chi connectivity index (χ4v) is 3.23. The summed E-state index contributed by atoms with van der Waals surface area (Å²) >= 11 is 0. The Morgan fingerprint density at radius 2 is 1.83 bits per heavy atom. The first-order valence-electron chi connectivity index (χ1n) is 8.14. The third-order valence-electron chi connectivity index (χ3n) is 4.39. The highest BCUT2D eigenvalue weighted by molar-refractivity contribution is 5.95. The van der Waals surface area contributed by atoms with E-state index in [1.165, 1.54) is 0 Å². The molecule has 120 valence electrons. The highest BCUT2D eigenvalue weighted by Gasteiger charge is 2.32. The predicted octanol–water partition coefficient (Wildman–Crippen LogP) is 3.24. The molecular formula is C19H18N4O. The molecule has 1 aliphatic rings. The summed E-state index contributed by atoms with van der Waals surface area (Å²) in [5, 5.41) is 0. The number of benzene rings is 1. The fourth-order valence-electron chi connectivity index (χ4n) is 3.23. The Balaban J connectivity index is 1.62. The predicted molar refractivity (Wildman–Crippen MR) is 90.8 cm³/mol. The number of likely N-dealkylation sites (tertiary alicyclic amines) is 1. The molecule has 1 saturated heterocycles. The van der Waals surface area contributed by atoms with Crippen molar-refractivity contribution >= 4 is 5.91 Å². The fraction of sp³-hybridized carbons (Fsp3) is 0.211. The Morgan fingerprint density at radius 3 is 2.62 bits per heavy atom. The summed E-state index contributed by atoms with van der Waals surface area (Å²) in [6, 6.07) is 13.4. The summed E-state index contributed by atoms with van der Waals surface area (Å²) in [4.78, 5) is 23.6. The number of nitrogens with zero attached hydrogens (tertiary/aromatic N) is 4. The number of rotatable bonds is 3. The van der Waals surface area contributed by atoms with Crippen molar-refractivity contribution in [2.75, 3.05) is 6.54 Å². The van der Waals surface area contributed by atoms with Crippen molar-refractivity contribution in [2.24, 2.45) is 0 Å². The van der Waals surface area contributed by atoms with Gasteiger partial charge in [0.2, 0.25) is 0 Å². The van der Waals surface area contributed by atoms with Gasteiger partial charge in [0.05, 0.1) is 6.04 Å². The molecule has 1 aliphatic heterocycles. The molecule has 1 fully saturated rings. The number of carbonyl (C=O) groups is 1. The average Bonchev–Trinajstić information content (AvgIpc) is 3.34. The Labute approximate surface area is 140 Å². The van der Waals surface area contributed by atoms with Gasteiger partial charge in [-0.25, -0.2) is 9.97 Å². The summed E-state index contributed by atoms with van der Waals surface area (Å²) in [5.41, 5.74) is 1.68. The van der Waals surface area contributed by atoms with Crippen LogP contribution in [0.15, 0.2) is 67.3 Å². The number of amides is 1. The van der Waals surface area contributed by atoms with E-state index in [-0.39, 0.29) is 11.9 Å². The molecule has 0 radical (unpaired) electrons. The van der Waals surface area contributed by atoms with Gasteiger partial charge in [0.25, 0.3) is 5.91 Å². The molecule has 5 nitrogen and oxygen atoms in total. The standard InChI is InChI=1S/C19H18N4O/c24-19(15-6-3-7-16(14-15)22-11-1-2-12-22)23-13-4-8-17(23)18-20-9-5-10-21-18/h1-3,5-7,9-12,14,17H,4,8,13H2. The van der Waals surface area contributed by atoms with Crippen LogP contribution in [0.2, 0.25) is 0 Å². The summed E-state index contributed by atoms with van der Waals surface area (Å²) in [5.74, 6) is 0.767. The van der Waals surface area contributed by atoms with Gasteiger partial charge < -0.3 is 9.47 Å². The lowest BCUT2D eigenvalue weighted by atomic mass is 10.1. The lowest BCUT2D eigenvalue weighted by molar-refractivity contribution is 0.0730. The van der Waals surface area contributed by atoms with E-state index in [0.29, 0.717) is 5.56 Å². The van der Waals surface area contributed by atoms with Crippen LogP contribution in [0, 0.1) is 0 Å². The van der Waals surface area contributed by atoms with E-state index in [2.05, 4.69) is 9.97 Å². The third-order valence-corrected chi connectivity index (χ3v) is 4.39. The quantitative estimate of drug-likeness (QED) is 0.745. The largest absolute Gasteiger partial charge is 0.328 e. The smallest absolute Gasteiger partial charge is 0.254 e. The zero-order valence-corrected chi connectivity index (χ0v) is 13.2. The van der Waals surface area contributed by atoms with E-state index < -0.39 is 0 Å². The number of aromatic nitrogens is 3. The van der Waals surface area contributed by atoms with Crippen LogP contribution in [0.4, 0.5) is 0 Å². The van der Waals surface area contributed by atoms with Crippen LogP contribution < -0.4 is 0 Å². The number of hydrogen-bond acceptors (Lipinski definition) is 3. The normalized spacial score (nSPS) is 17.2. The molecular weight excluding hydrogens is 300 g/mol. The summed E-state index contributed by atoms with van der Waals surface area (Å²) in [7, 11) is 0. The van der Waals surface area contributed by atoms with Crippen LogP contribution in [0.1, 0.15) is 35.1 Å². The lowest BCUT2D eigenvalue weighted by Crippen LogP contribution is -2.31. The lowest BCUT2D eigenvalue weighted by Gasteiger charge is -2.23. The first-order valence-corrected chi connectivity index (χ1v) is 8.14. The molecule has 2 aromatic heterocycles. The van der Waals surface area contributed by atoms with Crippen molar-refractivity contribution in [3.05, 3.63) is 78.6 Å². The molecule has 1 unspecified atom stereocenters. The number of hydrogen-bond donors (Lipinski definition) is 0. The average molecular weight is 318 g/mol. The number of carbonyl (C=O) groups excluding carboxylic acids is 1. The van der Waals surface area contributed by atoms with Gasteiger partial charge in [-0.3, -0.25) is 4.79 Å². The van der Waals surface area contributed by atoms with Gasteiger partial charge in [-0.1, -0.05) is 6.07 Å². The molecule has 1 atom stereocenters. The minimum absolute atomic E-state index is 0.0334. The van der Waals surface area contributed by atoms with Gasteiger partial charge in [0.15, 0.2) is 5.82 Å². The summed E-state index contributed by atoms with van der Waals surface area (Å²) in [6.07, 6.45) is 9.30. The molecule has 24 heavy (non-hydrogen) atoms. The van der Waals surface area contributed by atoms with Gasteiger partial charge in [0.1, 0.15) is 0 Å². The first-order chi connectivity index (χ1) is 11.8. The minimum atomic E-state index is -0.0334. The Morgan fingerprint density at radius 1 is 1.04 bits per heavy atom. The van der Waals surface area contributed by atoms with Gasteiger partial charge in [0, 0.05) is 42.6 Å². The maximum Gasteiger partial charge on any atom is 0.254 e. The second-order valence-electron chi connectivity index (χ2n) is 5.90. The molecule has 4 rings (SSSR count). The van der Waals surface area contributed by atoms with Crippen LogP contribution >= 0.6 is 0 Å². The van der Waals surface area contributed by atoms with E-state index in [9.17, 15) is 4.79 Å². The minimum Gasteiger partial charge on any atom is -0.328 e. The second kappa shape index (κ2) is 6.28. The topological polar surface area (TPSA) is 51.0 Å². The van der Waals surface area contributed by atoms with Crippen molar-refractivity contribution in [1.29, 1.82) is 0 Å². The monoisotopic (exact) mass is 318 g/mol. The summed E-state index contributed by atoms with van der Waals surface area (Å²) in [6.45, 7) is 0.746. The zero-order valence-electron chi connectivity index (χ0n) is 13.2. The van der Waals surface area contributed by atoms with Crippen LogP contribution in [-0.4, -0.2) is 31.9 Å². The zero-order chi connectivity index (χ0) is 16.4. The van der Waals surface area contributed by atoms with Gasteiger partial charge in [-0.05, 0) is 49.2 Å². The van der Waals surface area contributed by atoms with Gasteiger partial charge in [-0.2, -0.15) is 0 Å². The Hall–Kier alpha value is -2.95. The molecule has 0 N–H and O–H groups in total. The molecule has 3 aromatic rings. The van der Waals surface area contributed by atoms with Gasteiger partial charge in [-0.15, -0.1) is 0 Å². The van der Waals surface area contributed by atoms with Gasteiger partial charge >= 0.3 is 0 Å². The van der Waals surface area contributed by atoms with E-state index in [4.69, 9.17) is 0 Å². The Kier molecular flexibility index (Phi) is 3.83. The third kappa shape index (κ3) is 2.69. The van der Waals surface area contributed by atoms with E-state index in [1.807, 2.05) is 58.3 Å². The molecule has 1 aromatic carbocycles. The van der Waals surface area contributed by atoms with E-state index >= 15 is 0 Å². The highest BCUT2D eigenvalue weighted by Crippen LogP contribution is 2.31. The van der Waals surface area contributed by atoms with Crippen molar-refractivity contribution in [1.82, 2.24) is 19.4 Å². The molecule has 5 heteroatoms. The molecule has 3 heterocycles. The molecule has 0 aliphatic carbocycles. The first kappa shape index (κ1) is 14.6. The highest BCUT2D eigenvalue weighted by atomic mass is 16.2. The molecule has 0 bridgehead atoms. The maximum atomic E-state index is 13.0. The summed E-state index contributed by atoms with van der Waals surface area (Å²) < 4.78 is 2.00. The van der Waals surface area contributed by atoms with Crippen molar-refractivity contribution in [3.8, 4) is 5.69 Å². The second-order valence-corrected chi connectivity index (χ2v) is 5.90. The van der Waals surface area contributed by atoms with Crippen molar-refractivity contribution < 1.29 is 4.79 Å². The molecule has 0 spiro atoms.